The summed E-state index contributed by atoms with van der Waals surface area (Å²) in [6.07, 6.45) is 4.74. The fourth-order valence-electron chi connectivity index (χ4n) is 2.90. The standard InChI is InChI=1S/C16H20ClN3O/c1-3-13-15(16(21)19-7-4-11(2)5-8-19)20-9-6-12(17)10-14(20)18-13/h6,9-11H,3-5,7-8H2,1-2H3. The van der Waals surface area contributed by atoms with Crippen LogP contribution in [0.3, 0.4) is 0 Å². The van der Waals surface area contributed by atoms with Crippen LogP contribution < -0.4 is 0 Å². The van der Waals surface area contributed by atoms with Crippen LogP contribution >= 0.6 is 11.6 Å². The van der Waals surface area contributed by atoms with E-state index < -0.39 is 0 Å². The van der Waals surface area contributed by atoms with Crippen LogP contribution in [0.15, 0.2) is 18.3 Å². The largest absolute Gasteiger partial charge is 0.337 e. The van der Waals surface area contributed by atoms with Crippen LogP contribution in [0, 0.1) is 5.92 Å². The first-order valence-electron chi connectivity index (χ1n) is 7.56. The molecular formula is C16H20ClN3O. The van der Waals surface area contributed by atoms with Crippen molar-refractivity contribution < 1.29 is 4.79 Å². The van der Waals surface area contributed by atoms with Crippen molar-refractivity contribution in [2.24, 2.45) is 5.92 Å². The number of carbonyl (C=O) groups is 1. The monoisotopic (exact) mass is 305 g/mol. The molecule has 4 nitrogen and oxygen atoms in total. The third-order valence-corrected chi connectivity index (χ3v) is 4.50. The summed E-state index contributed by atoms with van der Waals surface area (Å²) in [6.45, 7) is 5.95. The molecule has 1 amide bonds. The second-order valence-corrected chi connectivity index (χ2v) is 6.24. The van der Waals surface area contributed by atoms with Gasteiger partial charge in [-0.05, 0) is 31.2 Å². The number of pyridine rings is 1. The van der Waals surface area contributed by atoms with E-state index in [1.54, 1.807) is 12.1 Å². The van der Waals surface area contributed by atoms with E-state index in [9.17, 15) is 4.79 Å². The number of piperidine rings is 1. The Morgan fingerprint density at radius 2 is 2.14 bits per heavy atom. The van der Waals surface area contributed by atoms with Gasteiger partial charge in [0, 0.05) is 30.4 Å². The molecule has 112 valence electrons. The predicted molar refractivity (Wildman–Crippen MR) is 83.9 cm³/mol. The summed E-state index contributed by atoms with van der Waals surface area (Å²) in [5, 5.41) is 0.640. The zero-order valence-corrected chi connectivity index (χ0v) is 13.2. The molecule has 3 rings (SSSR count). The van der Waals surface area contributed by atoms with Gasteiger partial charge >= 0.3 is 0 Å². The number of carbonyl (C=O) groups excluding carboxylic acids is 1. The molecule has 0 atom stereocenters. The van der Waals surface area contributed by atoms with Crippen molar-refractivity contribution in [2.75, 3.05) is 13.1 Å². The number of imidazole rings is 1. The second kappa shape index (κ2) is 5.68. The summed E-state index contributed by atoms with van der Waals surface area (Å²) in [6, 6.07) is 3.60. The molecule has 0 saturated carbocycles. The molecule has 0 bridgehead atoms. The quantitative estimate of drug-likeness (QED) is 0.852. The minimum Gasteiger partial charge on any atom is -0.337 e. The molecule has 2 aromatic rings. The highest BCUT2D eigenvalue weighted by Gasteiger charge is 2.26. The van der Waals surface area contributed by atoms with Crippen LogP contribution in [0.25, 0.3) is 5.65 Å². The van der Waals surface area contributed by atoms with Crippen molar-refractivity contribution in [1.29, 1.82) is 0 Å². The summed E-state index contributed by atoms with van der Waals surface area (Å²) in [5.74, 6) is 0.800. The number of fused-ring (bicyclic) bond motifs is 1. The Morgan fingerprint density at radius 1 is 1.43 bits per heavy atom. The van der Waals surface area contributed by atoms with E-state index >= 15 is 0 Å². The Morgan fingerprint density at radius 3 is 2.81 bits per heavy atom. The highest BCUT2D eigenvalue weighted by molar-refractivity contribution is 6.30. The van der Waals surface area contributed by atoms with Gasteiger partial charge in [0.05, 0.1) is 5.69 Å². The molecule has 1 fully saturated rings. The number of hydrogen-bond acceptors (Lipinski definition) is 2. The van der Waals surface area contributed by atoms with E-state index in [1.165, 1.54) is 0 Å². The maximum absolute atomic E-state index is 12.9. The molecule has 1 saturated heterocycles. The molecule has 21 heavy (non-hydrogen) atoms. The van der Waals surface area contributed by atoms with Gasteiger partial charge in [0.25, 0.3) is 5.91 Å². The number of aromatic nitrogens is 2. The summed E-state index contributed by atoms with van der Waals surface area (Å²) >= 11 is 6.02. The highest BCUT2D eigenvalue weighted by atomic mass is 35.5. The lowest BCUT2D eigenvalue weighted by Gasteiger charge is -2.30. The van der Waals surface area contributed by atoms with Crippen LogP contribution in [-0.4, -0.2) is 33.3 Å². The van der Waals surface area contributed by atoms with Crippen molar-refractivity contribution in [3.8, 4) is 0 Å². The third-order valence-electron chi connectivity index (χ3n) is 4.27. The van der Waals surface area contributed by atoms with E-state index in [0.29, 0.717) is 16.6 Å². The van der Waals surface area contributed by atoms with E-state index in [-0.39, 0.29) is 5.91 Å². The molecule has 1 aliphatic rings. The van der Waals surface area contributed by atoms with Gasteiger partial charge in [0.2, 0.25) is 0 Å². The lowest BCUT2D eigenvalue weighted by Crippen LogP contribution is -2.38. The summed E-state index contributed by atoms with van der Waals surface area (Å²) in [7, 11) is 0. The zero-order valence-electron chi connectivity index (χ0n) is 12.5. The van der Waals surface area contributed by atoms with Gasteiger partial charge in [0.1, 0.15) is 11.3 Å². The van der Waals surface area contributed by atoms with Gasteiger partial charge in [-0.3, -0.25) is 9.20 Å². The van der Waals surface area contributed by atoms with E-state index in [1.807, 2.05) is 22.4 Å². The van der Waals surface area contributed by atoms with Gasteiger partial charge in [-0.1, -0.05) is 25.4 Å². The predicted octanol–water partition coefficient (Wildman–Crippen LogP) is 3.42. The average Bonchev–Trinajstić information content (AvgIpc) is 2.84. The molecule has 0 N–H and O–H groups in total. The first-order valence-corrected chi connectivity index (χ1v) is 7.93. The average molecular weight is 306 g/mol. The lowest BCUT2D eigenvalue weighted by molar-refractivity contribution is 0.0689. The van der Waals surface area contributed by atoms with Crippen LogP contribution in [0.1, 0.15) is 42.9 Å². The Kier molecular flexibility index (Phi) is 3.89. The number of rotatable bonds is 2. The maximum atomic E-state index is 12.9. The van der Waals surface area contributed by atoms with E-state index in [2.05, 4.69) is 11.9 Å². The van der Waals surface area contributed by atoms with E-state index in [0.717, 1.165) is 43.7 Å². The number of likely N-dealkylation sites (tertiary alicyclic amines) is 1. The third kappa shape index (κ3) is 2.64. The Labute approximate surface area is 129 Å². The van der Waals surface area contributed by atoms with Crippen LogP contribution in [0.5, 0.6) is 0 Å². The molecule has 3 heterocycles. The molecule has 0 radical (unpaired) electrons. The summed E-state index contributed by atoms with van der Waals surface area (Å²) in [4.78, 5) is 19.4. The van der Waals surface area contributed by atoms with Crippen molar-refractivity contribution in [3.63, 3.8) is 0 Å². The SMILES string of the molecule is CCc1nc2cc(Cl)ccn2c1C(=O)N1CCC(C)CC1. The topological polar surface area (TPSA) is 37.6 Å². The number of amides is 1. The minimum atomic E-state index is 0.0913. The summed E-state index contributed by atoms with van der Waals surface area (Å²) < 4.78 is 1.87. The molecular weight excluding hydrogens is 286 g/mol. The molecule has 2 aromatic heterocycles. The molecule has 0 aliphatic carbocycles. The number of nitrogens with zero attached hydrogens (tertiary/aromatic N) is 3. The van der Waals surface area contributed by atoms with Crippen LogP contribution in [0.4, 0.5) is 0 Å². The molecule has 0 aromatic carbocycles. The number of hydrogen-bond donors (Lipinski definition) is 0. The molecule has 5 heteroatoms. The Bertz CT molecular complexity index is 671. The van der Waals surface area contributed by atoms with Crippen LogP contribution in [-0.2, 0) is 6.42 Å². The van der Waals surface area contributed by atoms with Gasteiger partial charge in [-0.15, -0.1) is 0 Å². The Balaban J connectivity index is 2.00. The van der Waals surface area contributed by atoms with Gasteiger partial charge in [-0.25, -0.2) is 4.98 Å². The minimum absolute atomic E-state index is 0.0913. The van der Waals surface area contributed by atoms with Crippen molar-refractivity contribution in [2.45, 2.75) is 33.1 Å². The normalized spacial score (nSPS) is 16.6. The fraction of sp³-hybridized carbons (Fsp3) is 0.500. The Hall–Kier alpha value is -1.55. The van der Waals surface area contributed by atoms with Crippen molar-refractivity contribution in [1.82, 2.24) is 14.3 Å². The van der Waals surface area contributed by atoms with Crippen LogP contribution in [0.2, 0.25) is 5.02 Å². The first kappa shape index (κ1) is 14.4. The van der Waals surface area contributed by atoms with Gasteiger partial charge in [-0.2, -0.15) is 0 Å². The molecule has 1 aliphatic heterocycles. The highest BCUT2D eigenvalue weighted by Crippen LogP contribution is 2.22. The smallest absolute Gasteiger partial charge is 0.272 e. The van der Waals surface area contributed by atoms with E-state index in [4.69, 9.17) is 11.6 Å². The summed E-state index contributed by atoms with van der Waals surface area (Å²) in [5.41, 5.74) is 2.28. The fourth-order valence-corrected chi connectivity index (χ4v) is 3.06. The first-order chi connectivity index (χ1) is 10.1. The van der Waals surface area contributed by atoms with Crippen molar-refractivity contribution in [3.05, 3.63) is 34.7 Å². The second-order valence-electron chi connectivity index (χ2n) is 5.81. The number of aryl methyl sites for hydroxylation is 1. The maximum Gasteiger partial charge on any atom is 0.272 e. The lowest BCUT2D eigenvalue weighted by atomic mass is 9.99. The van der Waals surface area contributed by atoms with Gasteiger partial charge in [0.15, 0.2) is 0 Å². The van der Waals surface area contributed by atoms with Crippen molar-refractivity contribution >= 4 is 23.2 Å². The molecule has 0 unspecified atom stereocenters. The molecule has 0 spiro atoms. The van der Waals surface area contributed by atoms with Gasteiger partial charge < -0.3 is 4.90 Å². The number of halogens is 1. The zero-order chi connectivity index (χ0) is 15.0.